The molecule has 2 fully saturated rings. The minimum atomic E-state index is 0. The van der Waals surface area contributed by atoms with Gasteiger partial charge in [-0.1, -0.05) is 35.4 Å². The van der Waals surface area contributed by atoms with Crippen LogP contribution in [0.4, 0.5) is 5.82 Å². The van der Waals surface area contributed by atoms with E-state index in [-0.39, 0.29) is 28.6 Å². The van der Waals surface area contributed by atoms with Gasteiger partial charge in [0.1, 0.15) is 11.5 Å². The first-order chi connectivity index (χ1) is 29.5. The van der Waals surface area contributed by atoms with Crippen molar-refractivity contribution in [2.24, 2.45) is 48.1 Å². The Morgan fingerprint density at radius 2 is 1.30 bits per heavy atom. The molecule has 0 amide bonds. The Morgan fingerprint density at radius 1 is 0.750 bits per heavy atom. The highest BCUT2D eigenvalue weighted by Gasteiger charge is 2.46. The summed E-state index contributed by atoms with van der Waals surface area (Å²) in [6.07, 6.45) is 10.7. The van der Waals surface area contributed by atoms with Gasteiger partial charge in [0.05, 0.1) is 17.9 Å². The summed E-state index contributed by atoms with van der Waals surface area (Å²) in [4.78, 5) is 19.6. The highest BCUT2D eigenvalue weighted by Crippen LogP contribution is 2.51. The van der Waals surface area contributed by atoms with Crippen molar-refractivity contribution in [2.75, 3.05) is 31.1 Å². The maximum absolute atomic E-state index is 6.75. The number of rotatable bonds is 3. The van der Waals surface area contributed by atoms with Crippen molar-refractivity contribution < 1.29 is 17.1 Å². The maximum Gasteiger partial charge on any atom is 0.152 e. The van der Waals surface area contributed by atoms with Crippen LogP contribution in [-0.4, -0.2) is 46.9 Å². The van der Waals surface area contributed by atoms with Crippen molar-refractivity contribution in [3.05, 3.63) is 52.5 Å². The van der Waals surface area contributed by atoms with Gasteiger partial charge < -0.3 is 21.4 Å². The van der Waals surface area contributed by atoms with E-state index in [2.05, 4.69) is 197 Å². The van der Waals surface area contributed by atoms with E-state index in [0.717, 1.165) is 74.2 Å². The van der Waals surface area contributed by atoms with Crippen molar-refractivity contribution in [1.29, 1.82) is 5.53 Å². The molecule has 4 aliphatic rings. The number of aryl methyl sites for hydroxylation is 1. The first-order valence-corrected chi connectivity index (χ1v) is 18.5. The molecule has 1 aromatic heterocycles. The number of hydrogen-bond acceptors (Lipinski definition) is 8. The smallest absolute Gasteiger partial charge is 0.152 e. The quantitative estimate of drug-likeness (QED) is 0.127. The number of anilines is 1. The molecule has 0 saturated carbocycles. The second kappa shape index (κ2) is 24.7. The third-order valence-corrected chi connectivity index (χ3v) is 9.26. The van der Waals surface area contributed by atoms with Crippen LogP contribution in [0.15, 0.2) is 55.4 Å². The van der Waals surface area contributed by atoms with Crippen LogP contribution < -0.4 is 16.5 Å². The summed E-state index contributed by atoms with van der Waals surface area (Å²) in [5, 5.41) is 13.5. The lowest BCUT2D eigenvalue weighted by molar-refractivity contribution is 0.187. The topological polar surface area (TPSA) is 182 Å². The number of likely N-dealkylation sites (tertiary alicyclic amines) is 1. The van der Waals surface area contributed by atoms with E-state index in [1.165, 1.54) is 24.0 Å². The fourth-order valence-corrected chi connectivity index (χ4v) is 6.70. The van der Waals surface area contributed by atoms with E-state index in [1.807, 2.05) is 0 Å². The predicted molar refractivity (Wildman–Crippen MR) is 255 cm³/mol. The summed E-state index contributed by atoms with van der Waals surface area (Å²) in [6, 6.07) is 8.88. The Bertz CT molecular complexity index is 2780. The van der Waals surface area contributed by atoms with Gasteiger partial charge in [0.15, 0.2) is 5.84 Å². The van der Waals surface area contributed by atoms with Crippen LogP contribution in [0, 0.1) is 149 Å². The molecule has 0 radical (unpaired) electrons. The number of piperidine rings is 1. The van der Waals surface area contributed by atoms with E-state index in [1.54, 1.807) is 6.92 Å². The molecule has 314 valence electrons. The molecule has 5 N–H and O–H groups in total. The van der Waals surface area contributed by atoms with Crippen LogP contribution in [0.1, 0.15) is 84.0 Å². The zero-order valence-corrected chi connectivity index (χ0v) is 33.2. The molecule has 2 aromatic rings. The van der Waals surface area contributed by atoms with Crippen molar-refractivity contribution in [3.63, 3.8) is 0 Å². The second-order valence-electron chi connectivity index (χ2n) is 12.7. The number of amidine groups is 1. The molecule has 1 aliphatic carbocycles. The Kier molecular flexibility index (Phi) is 18.1. The van der Waals surface area contributed by atoms with Crippen molar-refractivity contribution >= 4 is 11.7 Å². The minimum Gasteiger partial charge on any atom is -0.355 e. The molecule has 13 nitrogen and oxygen atoms in total. The Hall–Kier alpha value is -8.71. The zero-order valence-electron chi connectivity index (χ0n) is 33.2. The molecule has 1 aromatic carbocycles. The predicted octanol–water partition coefficient (Wildman–Crippen LogP) is 7.23. The lowest BCUT2D eigenvalue weighted by Crippen LogP contribution is -2.45. The number of fused-ring (bicyclic) bond motifs is 2. The summed E-state index contributed by atoms with van der Waals surface area (Å²) in [6.45, 7) is 8.64. The number of nitrogens with two attached hydrogens (primary N) is 2. The summed E-state index contributed by atoms with van der Waals surface area (Å²) in [5.74, 6) is 58.5. The van der Waals surface area contributed by atoms with Crippen LogP contribution >= 0.6 is 0 Å². The SMILES string of the molecule is C#CC#CC#CC#CC#CC#CC#CC#CC#CC#CC#CC.Cc1nc2c(nc1N1CCC3(CC1)Cc1ccccc1[C@H]3N)CN=C2N1CCCC1.N=N/N=N/N=N/N.[HH].[HH].[HH].[HH].[HH].[HH].[HH].[HH].[HH].[HH].[HH].[HH]. The van der Waals surface area contributed by atoms with Gasteiger partial charge in [0.2, 0.25) is 0 Å². The molecule has 2 saturated heterocycles. The molecule has 1 spiro atoms. The molecule has 3 aliphatic heterocycles. The Labute approximate surface area is 369 Å². The first kappa shape index (κ1) is 44.0. The zero-order chi connectivity index (χ0) is 42.7. The Morgan fingerprint density at radius 3 is 1.82 bits per heavy atom. The monoisotopic (exact) mass is 808 g/mol. The average molecular weight is 808 g/mol. The molecule has 0 bridgehead atoms. The third-order valence-electron chi connectivity index (χ3n) is 9.26. The third kappa shape index (κ3) is 13.2. The highest BCUT2D eigenvalue weighted by atomic mass is 15.6. The molecule has 6 rings (SSSR count). The number of hydrogen-bond donors (Lipinski definition) is 3. The van der Waals surface area contributed by atoms with Crippen LogP contribution in [0.2, 0.25) is 0 Å². The van der Waals surface area contributed by atoms with E-state index in [0.29, 0.717) is 6.54 Å². The standard InChI is InChI=1S/C24H30N6.C23H4.H3N7.12H2/c1-16-22(28-19-15-26-23(20(19)27-16)29-10-4-5-11-29)30-12-8-24(9-13-30)14-17-6-2-3-7-18(17)21(24)25;1-3-5-7-9-11-13-15-17-19-21-23-22-20-18-16-14-12-10-8-6-4-2;1-3-5-7-6-4-2;;;;;;;;;;;;/h2-3,6-7,21H,4-5,8-15,25H2,1H3;1H,2H3;(H3,1,2,5,6);12*1H/t21-;;;;;;;;;;;;;;/m1............../s1. The van der Waals surface area contributed by atoms with Gasteiger partial charge >= 0.3 is 0 Å². The van der Waals surface area contributed by atoms with Gasteiger partial charge in [0, 0.05) is 73.0 Å². The molecule has 1 atom stereocenters. The van der Waals surface area contributed by atoms with Crippen molar-refractivity contribution in [3.8, 4) is 131 Å². The van der Waals surface area contributed by atoms with E-state index in [4.69, 9.17) is 32.6 Å². The molecule has 4 heterocycles. The van der Waals surface area contributed by atoms with E-state index >= 15 is 0 Å². The van der Waals surface area contributed by atoms with Gasteiger partial charge in [-0.15, -0.1) is 6.42 Å². The van der Waals surface area contributed by atoms with Gasteiger partial charge in [-0.2, -0.15) is 5.53 Å². The van der Waals surface area contributed by atoms with E-state index < -0.39 is 0 Å². The largest absolute Gasteiger partial charge is 0.355 e. The summed E-state index contributed by atoms with van der Waals surface area (Å²) < 4.78 is 0. The minimum absolute atomic E-state index is 0. The molecular formula is C47H61N13. The number of terminal acetylenes is 1. The Balaban J connectivity index is -0.000000124. The van der Waals surface area contributed by atoms with Gasteiger partial charge in [0.25, 0.3) is 0 Å². The average Bonchev–Trinajstić information content (AvgIpc) is 4.01. The number of aliphatic imine (C=N–C) groups is 1. The first-order valence-electron chi connectivity index (χ1n) is 18.5. The molecule has 60 heavy (non-hydrogen) atoms. The van der Waals surface area contributed by atoms with Gasteiger partial charge in [-0.3, -0.25) is 4.99 Å². The van der Waals surface area contributed by atoms with Crippen molar-refractivity contribution in [2.45, 2.75) is 58.5 Å². The molecule has 13 heteroatoms. The lowest BCUT2D eigenvalue weighted by atomic mass is 9.73. The lowest BCUT2D eigenvalue weighted by Gasteiger charge is -2.43. The number of nitrogens with zero attached hydrogens (tertiary/aromatic N) is 10. The van der Waals surface area contributed by atoms with Gasteiger partial charge in [-0.25, -0.2) is 9.97 Å². The highest BCUT2D eigenvalue weighted by molar-refractivity contribution is 6.00. The van der Waals surface area contributed by atoms with Crippen molar-refractivity contribution in [1.82, 2.24) is 14.9 Å². The van der Waals surface area contributed by atoms with Gasteiger partial charge in [-0.05, 0) is 178 Å². The molecule has 0 unspecified atom stereocenters. The fourth-order valence-electron chi connectivity index (χ4n) is 6.70. The van der Waals surface area contributed by atoms with Crippen LogP contribution in [0.3, 0.4) is 0 Å². The number of nitrogens with one attached hydrogen (secondary N) is 1. The number of benzene rings is 1. The second-order valence-corrected chi connectivity index (χ2v) is 12.7. The van der Waals surface area contributed by atoms with Crippen LogP contribution in [-0.2, 0) is 13.0 Å². The normalized spacial score (nSPS) is 14.9. The number of aromatic nitrogens is 2. The van der Waals surface area contributed by atoms with Crippen LogP contribution in [0.25, 0.3) is 0 Å². The molecular weight excluding hydrogens is 747 g/mol. The maximum atomic E-state index is 6.75. The summed E-state index contributed by atoms with van der Waals surface area (Å²) in [7, 11) is 0. The van der Waals surface area contributed by atoms with Crippen LogP contribution in [0.5, 0.6) is 0 Å². The summed E-state index contributed by atoms with van der Waals surface area (Å²) in [5.41, 5.74) is 18.8. The van der Waals surface area contributed by atoms with E-state index in [9.17, 15) is 0 Å². The summed E-state index contributed by atoms with van der Waals surface area (Å²) >= 11 is 0. The fraction of sp³-hybridized carbons (Fsp3) is 0.298.